The number of aliphatic hydroxyl groups is 1. The highest BCUT2D eigenvalue weighted by Gasteiger charge is 2.44. The summed E-state index contributed by atoms with van der Waals surface area (Å²) in [5.74, 6) is -0.811. The molecule has 0 saturated carbocycles. The Kier molecular flexibility index (Phi) is 12.9. The van der Waals surface area contributed by atoms with Gasteiger partial charge in [-0.15, -0.1) is 11.3 Å². The first kappa shape index (κ1) is 33.7. The molecule has 3 rings (SSSR count). The molecule has 1 aromatic carbocycles. The number of carbonyl (C=O) groups is 3. The molecule has 2 heterocycles. The summed E-state index contributed by atoms with van der Waals surface area (Å²) in [4.78, 5) is 46.7. The SMILES string of the molecule is Cc1ncsc1-c1ccc(CNC(=O)[C@@H]2C[C@@H](O)CN2C(=O)C(NC(=O)CCCCCCCCCN)C(C)(C)C)cc1. The van der Waals surface area contributed by atoms with Crippen LogP contribution in [0.15, 0.2) is 29.8 Å². The van der Waals surface area contributed by atoms with Crippen molar-refractivity contribution in [1.29, 1.82) is 0 Å². The molecule has 0 aliphatic carbocycles. The molecule has 0 radical (unpaired) electrons. The predicted octanol–water partition coefficient (Wildman–Crippen LogP) is 4.31. The number of rotatable bonds is 15. The molecule has 1 saturated heterocycles. The average Bonchev–Trinajstić information content (AvgIpc) is 3.56. The van der Waals surface area contributed by atoms with Crippen molar-refractivity contribution >= 4 is 29.1 Å². The third-order valence-electron chi connectivity index (χ3n) is 7.82. The average molecular weight is 600 g/mol. The number of nitrogens with two attached hydrogens (primary N) is 1. The van der Waals surface area contributed by atoms with Crippen molar-refractivity contribution in [2.45, 2.75) is 110 Å². The Hall–Kier alpha value is -2.82. The van der Waals surface area contributed by atoms with E-state index in [2.05, 4.69) is 15.6 Å². The topological polar surface area (TPSA) is 138 Å². The van der Waals surface area contributed by atoms with Crippen LogP contribution in [0.25, 0.3) is 10.4 Å². The highest BCUT2D eigenvalue weighted by atomic mass is 32.1. The summed E-state index contributed by atoms with van der Waals surface area (Å²) in [5.41, 5.74) is 9.79. The third kappa shape index (κ3) is 9.88. The van der Waals surface area contributed by atoms with Gasteiger partial charge in [0.15, 0.2) is 0 Å². The number of thiazole rings is 1. The van der Waals surface area contributed by atoms with Gasteiger partial charge in [0.25, 0.3) is 0 Å². The molecule has 10 heteroatoms. The lowest BCUT2D eigenvalue weighted by Crippen LogP contribution is -2.57. The molecule has 1 aromatic heterocycles. The Bertz CT molecular complexity index is 1160. The fourth-order valence-electron chi connectivity index (χ4n) is 5.33. The van der Waals surface area contributed by atoms with Gasteiger partial charge in [0.2, 0.25) is 17.7 Å². The van der Waals surface area contributed by atoms with E-state index in [-0.39, 0.29) is 30.7 Å². The Morgan fingerprint density at radius 3 is 2.31 bits per heavy atom. The van der Waals surface area contributed by atoms with Gasteiger partial charge in [-0.2, -0.15) is 0 Å². The first-order chi connectivity index (χ1) is 20.0. The van der Waals surface area contributed by atoms with Gasteiger partial charge in [0.05, 0.1) is 22.2 Å². The molecular formula is C32H49N5O4S. The summed E-state index contributed by atoms with van der Waals surface area (Å²) in [6.07, 6.45) is 7.06. The number of carbonyl (C=O) groups excluding carboxylic acids is 3. The molecule has 232 valence electrons. The molecular weight excluding hydrogens is 550 g/mol. The smallest absolute Gasteiger partial charge is 0.246 e. The molecule has 5 N–H and O–H groups in total. The number of unbranched alkanes of at least 4 members (excludes halogenated alkanes) is 6. The third-order valence-corrected chi connectivity index (χ3v) is 8.80. The number of β-amino-alcohol motifs (C(OH)–C–C–N with tert-alkyl or cyclic N) is 1. The van der Waals surface area contributed by atoms with Crippen molar-refractivity contribution in [3.05, 3.63) is 41.0 Å². The van der Waals surface area contributed by atoms with Crippen LogP contribution in [0, 0.1) is 12.3 Å². The molecule has 9 nitrogen and oxygen atoms in total. The largest absolute Gasteiger partial charge is 0.391 e. The molecule has 1 aliphatic rings. The summed E-state index contributed by atoms with van der Waals surface area (Å²) in [7, 11) is 0. The minimum atomic E-state index is -0.801. The quantitative estimate of drug-likeness (QED) is 0.225. The van der Waals surface area contributed by atoms with Crippen molar-refractivity contribution in [2.75, 3.05) is 13.1 Å². The van der Waals surface area contributed by atoms with E-state index in [0.29, 0.717) is 13.0 Å². The maximum Gasteiger partial charge on any atom is 0.246 e. The van der Waals surface area contributed by atoms with Crippen molar-refractivity contribution in [3.63, 3.8) is 0 Å². The van der Waals surface area contributed by atoms with Gasteiger partial charge in [-0.3, -0.25) is 14.4 Å². The van der Waals surface area contributed by atoms with Crippen LogP contribution < -0.4 is 16.4 Å². The lowest BCUT2D eigenvalue weighted by Gasteiger charge is -2.35. The van der Waals surface area contributed by atoms with Crippen LogP contribution in [0.3, 0.4) is 0 Å². The summed E-state index contributed by atoms with van der Waals surface area (Å²) >= 11 is 1.59. The van der Waals surface area contributed by atoms with E-state index in [1.54, 1.807) is 11.3 Å². The molecule has 0 bridgehead atoms. The maximum atomic E-state index is 13.7. The second kappa shape index (κ2) is 16.1. The van der Waals surface area contributed by atoms with Crippen LogP contribution in [0.5, 0.6) is 0 Å². The fraction of sp³-hybridized carbons (Fsp3) is 0.625. The van der Waals surface area contributed by atoms with E-state index in [0.717, 1.165) is 66.8 Å². The molecule has 42 heavy (non-hydrogen) atoms. The van der Waals surface area contributed by atoms with Gasteiger partial charge >= 0.3 is 0 Å². The van der Waals surface area contributed by atoms with Crippen LogP contribution in [-0.4, -0.2) is 64.0 Å². The number of benzene rings is 1. The molecule has 1 fully saturated rings. The van der Waals surface area contributed by atoms with Crippen molar-refractivity contribution in [3.8, 4) is 10.4 Å². The molecule has 2 aromatic rings. The molecule has 0 spiro atoms. The maximum absolute atomic E-state index is 13.7. The summed E-state index contributed by atoms with van der Waals surface area (Å²) in [6.45, 7) is 8.78. The first-order valence-corrected chi connectivity index (χ1v) is 16.1. The van der Waals surface area contributed by atoms with Crippen LogP contribution in [0.2, 0.25) is 0 Å². The normalized spacial score (nSPS) is 17.7. The number of likely N-dealkylation sites (tertiary alicyclic amines) is 1. The lowest BCUT2D eigenvalue weighted by atomic mass is 9.85. The second-order valence-electron chi connectivity index (χ2n) is 12.5. The van der Waals surface area contributed by atoms with Crippen molar-refractivity contribution in [1.82, 2.24) is 20.5 Å². The van der Waals surface area contributed by atoms with E-state index < -0.39 is 23.6 Å². The van der Waals surface area contributed by atoms with Gasteiger partial charge in [-0.05, 0) is 42.9 Å². The second-order valence-corrected chi connectivity index (χ2v) is 13.3. The van der Waals surface area contributed by atoms with E-state index in [9.17, 15) is 19.5 Å². The highest BCUT2D eigenvalue weighted by molar-refractivity contribution is 7.13. The molecule has 1 aliphatic heterocycles. The minimum absolute atomic E-state index is 0.0619. The van der Waals surface area contributed by atoms with Gasteiger partial charge in [0.1, 0.15) is 12.1 Å². The van der Waals surface area contributed by atoms with Crippen LogP contribution in [0.1, 0.15) is 89.8 Å². The number of nitrogens with one attached hydrogen (secondary N) is 2. The van der Waals surface area contributed by atoms with Gasteiger partial charge in [0, 0.05) is 25.9 Å². The molecule has 3 amide bonds. The number of aryl methyl sites for hydroxylation is 1. The molecule has 1 unspecified atom stereocenters. The number of hydrogen-bond acceptors (Lipinski definition) is 7. The Morgan fingerprint density at radius 2 is 1.71 bits per heavy atom. The lowest BCUT2D eigenvalue weighted by molar-refractivity contribution is -0.144. The summed E-state index contributed by atoms with van der Waals surface area (Å²) in [5, 5.41) is 16.3. The summed E-state index contributed by atoms with van der Waals surface area (Å²) in [6, 6.07) is 6.36. The van der Waals surface area contributed by atoms with Crippen molar-refractivity contribution < 1.29 is 19.5 Å². The summed E-state index contributed by atoms with van der Waals surface area (Å²) < 4.78 is 0. The monoisotopic (exact) mass is 599 g/mol. The predicted molar refractivity (Wildman–Crippen MR) is 168 cm³/mol. The van der Waals surface area contributed by atoms with Crippen LogP contribution >= 0.6 is 11.3 Å². The zero-order valence-corrected chi connectivity index (χ0v) is 26.5. The zero-order valence-electron chi connectivity index (χ0n) is 25.7. The van der Waals surface area contributed by atoms with E-state index in [4.69, 9.17) is 5.73 Å². The van der Waals surface area contributed by atoms with E-state index in [1.807, 2.05) is 57.5 Å². The zero-order chi connectivity index (χ0) is 30.7. The van der Waals surface area contributed by atoms with E-state index in [1.165, 1.54) is 11.3 Å². The van der Waals surface area contributed by atoms with E-state index >= 15 is 0 Å². The minimum Gasteiger partial charge on any atom is -0.391 e. The number of nitrogens with zero attached hydrogens (tertiary/aromatic N) is 2. The van der Waals surface area contributed by atoms with Gasteiger partial charge in [-0.25, -0.2) is 4.98 Å². The van der Waals surface area contributed by atoms with Crippen LogP contribution in [-0.2, 0) is 20.9 Å². The van der Waals surface area contributed by atoms with Gasteiger partial charge < -0.3 is 26.4 Å². The first-order valence-electron chi connectivity index (χ1n) is 15.3. The van der Waals surface area contributed by atoms with Crippen molar-refractivity contribution in [2.24, 2.45) is 11.1 Å². The van der Waals surface area contributed by atoms with Crippen LogP contribution in [0.4, 0.5) is 0 Å². The number of hydrogen-bond donors (Lipinski definition) is 4. The fourth-order valence-corrected chi connectivity index (χ4v) is 6.14. The Balaban J connectivity index is 1.54. The van der Waals surface area contributed by atoms with Gasteiger partial charge in [-0.1, -0.05) is 77.1 Å². The molecule has 3 atom stereocenters. The Morgan fingerprint density at radius 1 is 1.07 bits per heavy atom. The number of aromatic nitrogens is 1. The number of amides is 3. The number of aliphatic hydroxyl groups excluding tert-OH is 1. The Labute approximate surface area is 254 Å². The standard InChI is InChI=1S/C32H49N5O4S/c1-22-28(42-21-35-22)24-15-13-23(14-16-24)19-34-30(40)26-18-25(38)20-37(26)31(41)29(32(2,3)4)36-27(39)12-10-8-6-5-7-9-11-17-33/h13-16,21,25-26,29,38H,5-12,17-20,33H2,1-4H3,(H,34,40)(H,36,39)/t25-,26+,29?/m1/s1. The highest BCUT2D eigenvalue weighted by Crippen LogP contribution is 2.28.